The summed E-state index contributed by atoms with van der Waals surface area (Å²) >= 11 is 0. The molecule has 1 aromatic rings. The fourth-order valence-electron chi connectivity index (χ4n) is 0.996. The summed E-state index contributed by atoms with van der Waals surface area (Å²) in [6.07, 6.45) is 0.825. The summed E-state index contributed by atoms with van der Waals surface area (Å²) in [5, 5.41) is 2.36. The Morgan fingerprint density at radius 2 is 2.19 bits per heavy atom. The van der Waals surface area contributed by atoms with Gasteiger partial charge < -0.3 is 5.32 Å². The molecule has 6 nitrogen and oxygen atoms in total. The second-order valence-electron chi connectivity index (χ2n) is 2.85. The van der Waals surface area contributed by atoms with Crippen molar-refractivity contribution in [1.29, 1.82) is 0 Å². The molecule has 7 heteroatoms. The van der Waals surface area contributed by atoms with E-state index < -0.39 is 17.1 Å². The number of hydrogen-bond acceptors (Lipinski definition) is 3. The van der Waals surface area contributed by atoms with Crippen LogP contribution in [-0.4, -0.2) is 22.5 Å². The van der Waals surface area contributed by atoms with Crippen molar-refractivity contribution in [3.63, 3.8) is 0 Å². The standard InChI is InChI=1S/C8H10FN3O3.CH4/c1-10-6(13)2-3-12-4-5(9)7(14)11-8(12)15;/h4H,2-3H2,1H3,(H,10,13)(H,11,14,15);1H4. The van der Waals surface area contributed by atoms with Crippen LogP contribution in [0.2, 0.25) is 0 Å². The molecule has 1 aromatic heterocycles. The minimum Gasteiger partial charge on any atom is -0.359 e. The van der Waals surface area contributed by atoms with Crippen molar-refractivity contribution in [3.05, 3.63) is 32.9 Å². The topological polar surface area (TPSA) is 84.0 Å². The summed E-state index contributed by atoms with van der Waals surface area (Å²) in [5.41, 5.74) is -1.79. The molecule has 0 unspecified atom stereocenters. The predicted molar refractivity (Wildman–Crippen MR) is 56.7 cm³/mol. The molecule has 0 bridgehead atoms. The zero-order valence-electron chi connectivity index (χ0n) is 8.04. The molecular weight excluding hydrogens is 217 g/mol. The zero-order valence-corrected chi connectivity index (χ0v) is 8.04. The van der Waals surface area contributed by atoms with Crippen LogP contribution in [0.4, 0.5) is 4.39 Å². The third kappa shape index (κ3) is 3.34. The number of carbonyl (C=O) groups excluding carboxylic acids is 1. The number of aromatic nitrogens is 2. The van der Waals surface area contributed by atoms with E-state index in [0.717, 1.165) is 10.8 Å². The monoisotopic (exact) mass is 231 g/mol. The van der Waals surface area contributed by atoms with Crippen LogP contribution in [0.25, 0.3) is 0 Å². The van der Waals surface area contributed by atoms with E-state index in [2.05, 4.69) is 5.32 Å². The third-order valence-electron chi connectivity index (χ3n) is 1.83. The molecule has 0 aromatic carbocycles. The van der Waals surface area contributed by atoms with Crippen LogP contribution in [0.3, 0.4) is 0 Å². The highest BCUT2D eigenvalue weighted by atomic mass is 19.1. The van der Waals surface area contributed by atoms with Crippen LogP contribution < -0.4 is 16.6 Å². The lowest BCUT2D eigenvalue weighted by Gasteiger charge is -2.03. The number of rotatable bonds is 3. The molecule has 0 spiro atoms. The smallest absolute Gasteiger partial charge is 0.328 e. The fraction of sp³-hybridized carbons (Fsp3) is 0.444. The number of carbonyl (C=O) groups is 1. The maximum atomic E-state index is 12.8. The molecule has 2 N–H and O–H groups in total. The van der Waals surface area contributed by atoms with Gasteiger partial charge in [-0.25, -0.2) is 4.79 Å². The van der Waals surface area contributed by atoms with E-state index in [1.54, 1.807) is 4.98 Å². The van der Waals surface area contributed by atoms with E-state index in [-0.39, 0.29) is 26.3 Å². The van der Waals surface area contributed by atoms with E-state index in [9.17, 15) is 18.8 Å². The Kier molecular flexibility index (Phi) is 5.14. The summed E-state index contributed by atoms with van der Waals surface area (Å²) in [6.45, 7) is 0.0200. The molecular formula is C9H14FN3O3. The van der Waals surface area contributed by atoms with Gasteiger partial charge in [-0.2, -0.15) is 4.39 Å². The first-order chi connectivity index (χ1) is 7.04. The molecule has 0 saturated heterocycles. The van der Waals surface area contributed by atoms with Crippen LogP contribution >= 0.6 is 0 Å². The SMILES string of the molecule is C.CNC(=O)CCn1cc(F)c(=O)[nH]c1=O. The van der Waals surface area contributed by atoms with Gasteiger partial charge in [0.05, 0.1) is 6.20 Å². The first kappa shape index (κ1) is 14.1. The Morgan fingerprint density at radius 1 is 1.56 bits per heavy atom. The van der Waals surface area contributed by atoms with Crippen molar-refractivity contribution in [2.45, 2.75) is 20.4 Å². The number of H-pyrrole nitrogens is 1. The minimum absolute atomic E-state index is 0. The predicted octanol–water partition coefficient (Wildman–Crippen LogP) is -0.552. The van der Waals surface area contributed by atoms with Crippen molar-refractivity contribution in [1.82, 2.24) is 14.9 Å². The van der Waals surface area contributed by atoms with Gasteiger partial charge in [0.2, 0.25) is 11.7 Å². The molecule has 1 rings (SSSR count). The van der Waals surface area contributed by atoms with Crippen molar-refractivity contribution in [2.24, 2.45) is 0 Å². The zero-order chi connectivity index (χ0) is 11.4. The third-order valence-corrected chi connectivity index (χ3v) is 1.83. The molecule has 0 radical (unpaired) electrons. The Morgan fingerprint density at radius 3 is 2.75 bits per heavy atom. The van der Waals surface area contributed by atoms with Gasteiger partial charge in [0.15, 0.2) is 0 Å². The van der Waals surface area contributed by atoms with E-state index in [1.165, 1.54) is 7.05 Å². The van der Waals surface area contributed by atoms with Gasteiger partial charge in [-0.15, -0.1) is 0 Å². The number of aromatic amines is 1. The number of nitrogens with one attached hydrogen (secondary N) is 2. The summed E-state index contributed by atoms with van der Waals surface area (Å²) < 4.78 is 13.7. The highest BCUT2D eigenvalue weighted by Gasteiger charge is 2.05. The molecule has 1 amide bonds. The van der Waals surface area contributed by atoms with Gasteiger partial charge in [-0.3, -0.25) is 19.1 Å². The normalized spacial score (nSPS) is 9.38. The first-order valence-electron chi connectivity index (χ1n) is 4.24. The van der Waals surface area contributed by atoms with Crippen molar-refractivity contribution >= 4 is 5.91 Å². The summed E-state index contributed by atoms with van der Waals surface area (Å²) in [5.74, 6) is -1.32. The van der Waals surface area contributed by atoms with Gasteiger partial charge in [-0.1, -0.05) is 7.43 Å². The largest absolute Gasteiger partial charge is 0.359 e. The fourth-order valence-corrected chi connectivity index (χ4v) is 0.996. The average Bonchev–Trinajstić information content (AvgIpc) is 2.21. The molecule has 0 aliphatic heterocycles. The number of hydrogen-bond donors (Lipinski definition) is 2. The maximum Gasteiger partial charge on any atom is 0.328 e. The molecule has 0 saturated carbocycles. The van der Waals surface area contributed by atoms with Crippen LogP contribution in [-0.2, 0) is 11.3 Å². The molecule has 16 heavy (non-hydrogen) atoms. The van der Waals surface area contributed by atoms with Crippen molar-refractivity contribution in [2.75, 3.05) is 7.05 Å². The molecule has 0 fully saturated rings. The second kappa shape index (κ2) is 5.84. The number of amides is 1. The highest BCUT2D eigenvalue weighted by molar-refractivity contribution is 5.75. The van der Waals surface area contributed by atoms with E-state index in [1.807, 2.05) is 0 Å². The van der Waals surface area contributed by atoms with Crippen LogP contribution in [0.1, 0.15) is 13.8 Å². The van der Waals surface area contributed by atoms with Crippen LogP contribution in [0.15, 0.2) is 15.8 Å². The number of aryl methyl sites for hydroxylation is 1. The van der Waals surface area contributed by atoms with Gasteiger partial charge in [0, 0.05) is 20.0 Å². The number of nitrogens with zero attached hydrogens (tertiary/aromatic N) is 1. The van der Waals surface area contributed by atoms with Gasteiger partial charge in [-0.05, 0) is 0 Å². The minimum atomic E-state index is -1.06. The highest BCUT2D eigenvalue weighted by Crippen LogP contribution is 1.88. The first-order valence-corrected chi connectivity index (χ1v) is 4.24. The Hall–Kier alpha value is -1.92. The molecule has 0 aliphatic carbocycles. The second-order valence-corrected chi connectivity index (χ2v) is 2.85. The summed E-state index contributed by atoms with van der Waals surface area (Å²) in [7, 11) is 1.46. The molecule has 90 valence electrons. The summed E-state index contributed by atoms with van der Waals surface area (Å²) in [6, 6.07) is 0. The Labute approximate surface area is 91.1 Å². The van der Waals surface area contributed by atoms with Gasteiger partial charge in [0.25, 0.3) is 5.56 Å². The van der Waals surface area contributed by atoms with Crippen molar-refractivity contribution < 1.29 is 9.18 Å². The van der Waals surface area contributed by atoms with Crippen LogP contribution in [0, 0.1) is 5.82 Å². The van der Waals surface area contributed by atoms with Gasteiger partial charge in [0.1, 0.15) is 0 Å². The number of halogens is 1. The van der Waals surface area contributed by atoms with Crippen LogP contribution in [0.5, 0.6) is 0 Å². The Balaban J connectivity index is 0.00000225. The lowest BCUT2D eigenvalue weighted by Crippen LogP contribution is -2.32. The molecule has 0 aliphatic rings. The van der Waals surface area contributed by atoms with Crippen molar-refractivity contribution in [3.8, 4) is 0 Å². The van der Waals surface area contributed by atoms with E-state index in [0.29, 0.717) is 0 Å². The Bertz CT molecular complexity index is 478. The van der Waals surface area contributed by atoms with Gasteiger partial charge >= 0.3 is 5.69 Å². The summed E-state index contributed by atoms with van der Waals surface area (Å²) in [4.78, 5) is 34.4. The maximum absolute atomic E-state index is 12.8. The molecule has 1 heterocycles. The molecule has 0 atom stereocenters. The lowest BCUT2D eigenvalue weighted by molar-refractivity contribution is -0.120. The lowest BCUT2D eigenvalue weighted by atomic mass is 10.4. The average molecular weight is 231 g/mol. The quantitative estimate of drug-likeness (QED) is 0.732. The van der Waals surface area contributed by atoms with E-state index in [4.69, 9.17) is 0 Å². The van der Waals surface area contributed by atoms with E-state index >= 15 is 0 Å².